The third-order valence-corrected chi connectivity index (χ3v) is 5.84. The average molecular weight is 424 g/mol. The third kappa shape index (κ3) is 4.50. The fourth-order valence-corrected chi connectivity index (χ4v) is 3.93. The Bertz CT molecular complexity index is 1040. The van der Waals surface area contributed by atoms with Gasteiger partial charge in [-0.1, -0.05) is 29.8 Å². The summed E-state index contributed by atoms with van der Waals surface area (Å²) in [6, 6.07) is 13.7. The second-order valence-electron chi connectivity index (χ2n) is 7.64. The summed E-state index contributed by atoms with van der Waals surface area (Å²) in [7, 11) is 0. The molecule has 4 rings (SSSR count). The summed E-state index contributed by atoms with van der Waals surface area (Å²) in [6.07, 6.45) is 3.76. The van der Waals surface area contributed by atoms with Crippen LogP contribution in [0.5, 0.6) is 0 Å². The van der Waals surface area contributed by atoms with Gasteiger partial charge in [0.2, 0.25) is 11.9 Å². The van der Waals surface area contributed by atoms with Crippen LogP contribution in [0.1, 0.15) is 11.1 Å². The zero-order valence-electron chi connectivity index (χ0n) is 17.3. The van der Waals surface area contributed by atoms with Crippen LogP contribution in [-0.2, 0) is 4.79 Å². The fraction of sp³-hybridized carbons (Fsp3) is 0.304. The molecule has 1 saturated heterocycles. The molecule has 1 fully saturated rings. The Labute approximate surface area is 182 Å². The smallest absolute Gasteiger partial charge is 0.238 e. The molecule has 3 aromatic rings. The molecule has 156 valence electrons. The van der Waals surface area contributed by atoms with E-state index in [0.717, 1.165) is 49.1 Å². The van der Waals surface area contributed by atoms with E-state index in [2.05, 4.69) is 37.7 Å². The lowest BCUT2D eigenvalue weighted by Gasteiger charge is -2.35. The maximum absolute atomic E-state index is 12.5. The van der Waals surface area contributed by atoms with Crippen molar-refractivity contribution in [1.29, 1.82) is 0 Å². The van der Waals surface area contributed by atoms with Gasteiger partial charge in [0, 0.05) is 55.0 Å². The molecule has 1 amide bonds. The topological polar surface area (TPSA) is 53.4 Å². The minimum Gasteiger partial charge on any atom is -0.339 e. The van der Waals surface area contributed by atoms with E-state index in [1.807, 2.05) is 49.5 Å². The molecule has 0 bridgehead atoms. The summed E-state index contributed by atoms with van der Waals surface area (Å²) in [5.41, 5.74) is 4.17. The van der Waals surface area contributed by atoms with Gasteiger partial charge < -0.3 is 10.2 Å². The molecule has 2 heterocycles. The Morgan fingerprint density at radius 3 is 2.63 bits per heavy atom. The van der Waals surface area contributed by atoms with E-state index in [1.54, 1.807) is 6.20 Å². The molecular weight excluding hydrogens is 398 g/mol. The average Bonchev–Trinajstić information content (AvgIpc) is 3.22. The van der Waals surface area contributed by atoms with Crippen molar-refractivity contribution < 1.29 is 4.79 Å². The van der Waals surface area contributed by atoms with Gasteiger partial charge in [0.05, 0.1) is 6.54 Å². The Kier molecular flexibility index (Phi) is 6.06. The molecule has 0 spiro atoms. The van der Waals surface area contributed by atoms with Crippen molar-refractivity contribution in [3.05, 3.63) is 71.0 Å². The van der Waals surface area contributed by atoms with E-state index in [0.29, 0.717) is 11.6 Å². The lowest BCUT2D eigenvalue weighted by Crippen LogP contribution is -2.49. The number of nitrogens with zero attached hydrogens (tertiary/aromatic N) is 4. The van der Waals surface area contributed by atoms with Gasteiger partial charge in [-0.05, 0) is 49.2 Å². The van der Waals surface area contributed by atoms with Crippen LogP contribution in [0.2, 0.25) is 5.02 Å². The number of carbonyl (C=O) groups is 1. The Morgan fingerprint density at radius 2 is 1.87 bits per heavy atom. The van der Waals surface area contributed by atoms with E-state index < -0.39 is 0 Å². The largest absolute Gasteiger partial charge is 0.339 e. The van der Waals surface area contributed by atoms with Gasteiger partial charge in [0.15, 0.2) is 0 Å². The summed E-state index contributed by atoms with van der Waals surface area (Å²) < 4.78 is 2.05. The van der Waals surface area contributed by atoms with Crippen molar-refractivity contribution in [2.24, 2.45) is 0 Å². The standard InChI is InChI=1S/C23H26ClN5O/c1-17-5-3-8-21(18(17)2)26-22(30)16-27-11-13-28(14-12-27)23-25-9-10-29(23)20-7-4-6-19(24)15-20/h3-10,15H,11-14,16H2,1-2H3,(H,26,30). The molecule has 0 aliphatic carbocycles. The number of benzene rings is 2. The van der Waals surface area contributed by atoms with Crippen LogP contribution in [0.3, 0.4) is 0 Å². The number of carbonyl (C=O) groups excluding carboxylic acids is 1. The van der Waals surface area contributed by atoms with E-state index in [9.17, 15) is 4.79 Å². The maximum Gasteiger partial charge on any atom is 0.238 e. The molecule has 0 unspecified atom stereocenters. The normalized spacial score (nSPS) is 14.7. The molecule has 7 heteroatoms. The molecule has 30 heavy (non-hydrogen) atoms. The second-order valence-corrected chi connectivity index (χ2v) is 8.07. The van der Waals surface area contributed by atoms with E-state index in [4.69, 9.17) is 11.6 Å². The third-order valence-electron chi connectivity index (χ3n) is 5.61. The molecule has 1 aliphatic heterocycles. The SMILES string of the molecule is Cc1cccc(NC(=O)CN2CCN(c3nccn3-c3cccc(Cl)c3)CC2)c1C. The summed E-state index contributed by atoms with van der Waals surface area (Å²) >= 11 is 6.15. The number of amides is 1. The number of imidazole rings is 1. The molecule has 2 aromatic carbocycles. The fourth-order valence-electron chi connectivity index (χ4n) is 3.74. The minimum absolute atomic E-state index is 0.0255. The number of piperazine rings is 1. The Balaban J connectivity index is 1.35. The highest BCUT2D eigenvalue weighted by molar-refractivity contribution is 6.30. The number of aryl methyl sites for hydroxylation is 1. The highest BCUT2D eigenvalue weighted by Crippen LogP contribution is 2.22. The van der Waals surface area contributed by atoms with Crippen LogP contribution < -0.4 is 10.2 Å². The van der Waals surface area contributed by atoms with Gasteiger partial charge in [-0.15, -0.1) is 0 Å². The van der Waals surface area contributed by atoms with Crippen molar-refractivity contribution in [3.8, 4) is 5.69 Å². The lowest BCUT2D eigenvalue weighted by molar-refractivity contribution is -0.117. The van der Waals surface area contributed by atoms with Crippen molar-refractivity contribution in [3.63, 3.8) is 0 Å². The van der Waals surface area contributed by atoms with E-state index >= 15 is 0 Å². The summed E-state index contributed by atoms with van der Waals surface area (Å²) in [6.45, 7) is 7.72. The van der Waals surface area contributed by atoms with E-state index in [-0.39, 0.29) is 5.91 Å². The first-order valence-corrected chi connectivity index (χ1v) is 10.5. The second kappa shape index (κ2) is 8.90. The zero-order chi connectivity index (χ0) is 21.1. The molecule has 6 nitrogen and oxygen atoms in total. The number of rotatable bonds is 5. The zero-order valence-corrected chi connectivity index (χ0v) is 18.1. The molecule has 0 saturated carbocycles. The summed E-state index contributed by atoms with van der Waals surface area (Å²) in [5.74, 6) is 0.925. The van der Waals surface area contributed by atoms with Gasteiger partial charge >= 0.3 is 0 Å². The van der Waals surface area contributed by atoms with Crippen molar-refractivity contribution >= 4 is 29.1 Å². The molecule has 0 radical (unpaired) electrons. The van der Waals surface area contributed by atoms with Gasteiger partial charge in [-0.3, -0.25) is 14.3 Å². The predicted octanol–water partition coefficient (Wildman–Crippen LogP) is 3.90. The van der Waals surface area contributed by atoms with Crippen LogP contribution in [-0.4, -0.2) is 53.1 Å². The molecule has 0 atom stereocenters. The highest BCUT2D eigenvalue weighted by Gasteiger charge is 2.22. The molecule has 1 aromatic heterocycles. The van der Waals surface area contributed by atoms with Gasteiger partial charge in [0.1, 0.15) is 0 Å². The van der Waals surface area contributed by atoms with Gasteiger partial charge in [-0.25, -0.2) is 4.98 Å². The number of anilines is 2. The van der Waals surface area contributed by atoms with E-state index in [1.165, 1.54) is 5.56 Å². The quantitative estimate of drug-likeness (QED) is 0.676. The first-order valence-electron chi connectivity index (χ1n) is 10.1. The number of halogens is 1. The first-order chi connectivity index (χ1) is 14.5. The van der Waals surface area contributed by atoms with Crippen LogP contribution in [0.25, 0.3) is 5.69 Å². The number of nitrogens with one attached hydrogen (secondary N) is 1. The maximum atomic E-state index is 12.5. The van der Waals surface area contributed by atoms with Crippen LogP contribution in [0.15, 0.2) is 54.9 Å². The Hall–Kier alpha value is -2.83. The van der Waals surface area contributed by atoms with Gasteiger partial charge in [0.25, 0.3) is 0 Å². The van der Waals surface area contributed by atoms with Crippen LogP contribution in [0, 0.1) is 13.8 Å². The summed E-state index contributed by atoms with van der Waals surface area (Å²) in [5, 5.41) is 3.75. The molecule has 1 aliphatic rings. The first kappa shape index (κ1) is 20.4. The molecular formula is C23H26ClN5O. The monoisotopic (exact) mass is 423 g/mol. The van der Waals surface area contributed by atoms with Crippen LogP contribution >= 0.6 is 11.6 Å². The lowest BCUT2D eigenvalue weighted by atomic mass is 10.1. The summed E-state index contributed by atoms with van der Waals surface area (Å²) in [4.78, 5) is 21.5. The van der Waals surface area contributed by atoms with Gasteiger partial charge in [-0.2, -0.15) is 0 Å². The van der Waals surface area contributed by atoms with Crippen molar-refractivity contribution in [2.75, 3.05) is 42.9 Å². The highest BCUT2D eigenvalue weighted by atomic mass is 35.5. The number of hydrogen-bond acceptors (Lipinski definition) is 4. The predicted molar refractivity (Wildman–Crippen MR) is 122 cm³/mol. The number of aromatic nitrogens is 2. The van der Waals surface area contributed by atoms with Crippen LogP contribution in [0.4, 0.5) is 11.6 Å². The Morgan fingerprint density at radius 1 is 1.10 bits per heavy atom. The minimum atomic E-state index is 0.0255. The number of hydrogen-bond donors (Lipinski definition) is 1. The van der Waals surface area contributed by atoms with Crippen molar-refractivity contribution in [1.82, 2.24) is 14.5 Å². The van der Waals surface area contributed by atoms with Crippen molar-refractivity contribution in [2.45, 2.75) is 13.8 Å². The molecule has 1 N–H and O–H groups in total.